The summed E-state index contributed by atoms with van der Waals surface area (Å²) >= 11 is 3.87. The Morgan fingerprint density at radius 2 is 2.00 bits per heavy atom. The van der Waals surface area contributed by atoms with Gasteiger partial charge in [-0.1, -0.05) is 6.07 Å². The number of aliphatic hydroxyl groups is 2. The quantitative estimate of drug-likeness (QED) is 0.556. The molecule has 0 saturated heterocycles. The van der Waals surface area contributed by atoms with Crippen LogP contribution in [0.4, 0.5) is 8.78 Å². The molecule has 2 atom stereocenters. The van der Waals surface area contributed by atoms with E-state index in [2.05, 4.69) is 12.6 Å². The van der Waals surface area contributed by atoms with Crippen LogP contribution in [0.3, 0.4) is 0 Å². The van der Waals surface area contributed by atoms with Crippen molar-refractivity contribution in [2.45, 2.75) is 18.6 Å². The van der Waals surface area contributed by atoms with Crippen LogP contribution in [0.1, 0.15) is 28.4 Å². The van der Waals surface area contributed by atoms with Crippen molar-refractivity contribution >= 4 is 18.9 Å². The molecule has 17 heavy (non-hydrogen) atoms. The second kappa shape index (κ2) is 6.09. The van der Waals surface area contributed by atoms with Gasteiger partial charge in [-0.25, -0.2) is 8.78 Å². The summed E-state index contributed by atoms with van der Waals surface area (Å²) in [4.78, 5) is 10.5. The lowest BCUT2D eigenvalue weighted by Gasteiger charge is -2.18. The number of hydrogen-bond acceptors (Lipinski definition) is 4. The van der Waals surface area contributed by atoms with Gasteiger partial charge in [-0.05, 0) is 18.2 Å². The van der Waals surface area contributed by atoms with Gasteiger partial charge in [0.2, 0.25) is 0 Å². The van der Waals surface area contributed by atoms with Crippen LogP contribution in [0.15, 0.2) is 12.1 Å². The molecule has 94 valence electrons. The number of halogens is 2. The Hall–Kier alpha value is -0.980. The average molecular weight is 262 g/mol. The zero-order chi connectivity index (χ0) is 13.0. The molecule has 6 heteroatoms. The number of aliphatic hydroxyl groups excluding tert-OH is 2. The topological polar surface area (TPSA) is 57.5 Å². The van der Waals surface area contributed by atoms with Gasteiger partial charge in [0.1, 0.15) is 17.7 Å². The molecular formula is C11H12F2O3S. The minimum Gasteiger partial charge on any atom is -0.390 e. The number of carbonyl (C=O) groups is 1. The molecule has 2 unspecified atom stereocenters. The molecule has 0 spiro atoms. The van der Waals surface area contributed by atoms with Gasteiger partial charge in [0.25, 0.3) is 0 Å². The maximum absolute atomic E-state index is 13.6. The summed E-state index contributed by atoms with van der Waals surface area (Å²) < 4.78 is 26.6. The van der Waals surface area contributed by atoms with Crippen molar-refractivity contribution in [2.24, 2.45) is 0 Å². The van der Waals surface area contributed by atoms with E-state index >= 15 is 0 Å². The van der Waals surface area contributed by atoms with E-state index in [1.807, 2.05) is 0 Å². The van der Waals surface area contributed by atoms with Crippen LogP contribution in [0.5, 0.6) is 0 Å². The molecule has 0 aliphatic rings. The van der Waals surface area contributed by atoms with Crippen molar-refractivity contribution in [3.05, 3.63) is 34.9 Å². The van der Waals surface area contributed by atoms with Crippen LogP contribution < -0.4 is 0 Å². The molecule has 1 rings (SSSR count). The zero-order valence-corrected chi connectivity index (χ0v) is 9.70. The Morgan fingerprint density at radius 1 is 1.35 bits per heavy atom. The molecule has 1 aromatic carbocycles. The number of hydrogen-bond donors (Lipinski definition) is 3. The van der Waals surface area contributed by atoms with Crippen LogP contribution in [-0.2, 0) is 0 Å². The Balaban J connectivity index is 3.10. The monoisotopic (exact) mass is 262 g/mol. The first kappa shape index (κ1) is 14.1. The first-order valence-electron chi connectivity index (χ1n) is 4.93. The van der Waals surface area contributed by atoms with E-state index in [4.69, 9.17) is 0 Å². The standard InChI is InChI=1S/C11H12F2O3S/c12-8-2-1-6(10(13)7(8)5-14)11(16)9(15)3-4-17/h1-2,5,9,11,15-17H,3-4H2. The predicted octanol–water partition coefficient (Wildman–Crippen LogP) is 1.49. The van der Waals surface area contributed by atoms with E-state index in [-0.39, 0.29) is 18.3 Å². The SMILES string of the molecule is O=Cc1c(F)ccc(C(O)C(O)CCS)c1F. The third-order valence-electron chi connectivity index (χ3n) is 2.38. The van der Waals surface area contributed by atoms with Crippen LogP contribution in [-0.4, -0.2) is 28.4 Å². The molecule has 0 amide bonds. The van der Waals surface area contributed by atoms with Crippen LogP contribution >= 0.6 is 12.6 Å². The molecule has 3 nitrogen and oxygen atoms in total. The Bertz CT molecular complexity index is 412. The van der Waals surface area contributed by atoms with Crippen molar-refractivity contribution < 1.29 is 23.8 Å². The third kappa shape index (κ3) is 3.02. The van der Waals surface area contributed by atoms with Crippen molar-refractivity contribution in [2.75, 3.05) is 5.75 Å². The molecule has 0 bridgehead atoms. The molecule has 0 aromatic heterocycles. The number of thiol groups is 1. The van der Waals surface area contributed by atoms with E-state index in [1.165, 1.54) is 0 Å². The molecule has 0 radical (unpaired) electrons. The highest BCUT2D eigenvalue weighted by Gasteiger charge is 2.23. The van der Waals surface area contributed by atoms with Crippen molar-refractivity contribution in [3.8, 4) is 0 Å². The summed E-state index contributed by atoms with van der Waals surface area (Å²) in [5.74, 6) is -1.84. The number of carbonyl (C=O) groups excluding carboxylic acids is 1. The van der Waals surface area contributed by atoms with E-state index in [0.29, 0.717) is 5.75 Å². The fourth-order valence-corrected chi connectivity index (χ4v) is 1.68. The number of rotatable bonds is 5. The van der Waals surface area contributed by atoms with Gasteiger partial charge in [-0.15, -0.1) is 0 Å². The molecule has 0 fully saturated rings. The summed E-state index contributed by atoms with van der Waals surface area (Å²) in [7, 11) is 0. The highest BCUT2D eigenvalue weighted by atomic mass is 32.1. The maximum atomic E-state index is 13.6. The van der Waals surface area contributed by atoms with Gasteiger partial charge in [0.05, 0.1) is 11.7 Å². The first-order chi connectivity index (χ1) is 8.02. The number of benzene rings is 1. The lowest BCUT2D eigenvalue weighted by molar-refractivity contribution is 0.0150. The summed E-state index contributed by atoms with van der Waals surface area (Å²) in [5.41, 5.74) is -1.05. The fourth-order valence-electron chi connectivity index (χ4n) is 1.42. The van der Waals surface area contributed by atoms with E-state index in [0.717, 1.165) is 12.1 Å². The van der Waals surface area contributed by atoms with Gasteiger partial charge in [0, 0.05) is 5.56 Å². The molecule has 0 aliphatic heterocycles. The Labute approximate surface area is 102 Å². The van der Waals surface area contributed by atoms with Crippen molar-refractivity contribution in [1.29, 1.82) is 0 Å². The van der Waals surface area contributed by atoms with Gasteiger partial charge in [-0.3, -0.25) is 4.79 Å². The highest BCUT2D eigenvalue weighted by molar-refractivity contribution is 7.80. The van der Waals surface area contributed by atoms with E-state index < -0.39 is 29.4 Å². The van der Waals surface area contributed by atoms with E-state index in [1.54, 1.807) is 0 Å². The lowest BCUT2D eigenvalue weighted by Crippen LogP contribution is -2.20. The summed E-state index contributed by atoms with van der Waals surface area (Å²) in [6, 6.07) is 1.88. The largest absolute Gasteiger partial charge is 0.390 e. The molecular weight excluding hydrogens is 250 g/mol. The van der Waals surface area contributed by atoms with E-state index in [9.17, 15) is 23.8 Å². The average Bonchev–Trinajstić information content (AvgIpc) is 2.29. The third-order valence-corrected chi connectivity index (χ3v) is 2.64. The lowest BCUT2D eigenvalue weighted by atomic mass is 9.99. The van der Waals surface area contributed by atoms with Gasteiger partial charge < -0.3 is 10.2 Å². The molecule has 0 heterocycles. The first-order valence-corrected chi connectivity index (χ1v) is 5.56. The van der Waals surface area contributed by atoms with Crippen LogP contribution in [0.2, 0.25) is 0 Å². The van der Waals surface area contributed by atoms with Gasteiger partial charge >= 0.3 is 0 Å². The Kier molecular flexibility index (Phi) is 5.04. The zero-order valence-electron chi connectivity index (χ0n) is 8.81. The highest BCUT2D eigenvalue weighted by Crippen LogP contribution is 2.25. The minimum absolute atomic E-state index is 0.0336. The molecule has 2 N–H and O–H groups in total. The van der Waals surface area contributed by atoms with Crippen molar-refractivity contribution in [1.82, 2.24) is 0 Å². The summed E-state index contributed by atoms with van der Waals surface area (Å²) in [6.45, 7) is 0. The summed E-state index contributed by atoms with van der Waals surface area (Å²) in [5, 5.41) is 19.1. The van der Waals surface area contributed by atoms with Crippen LogP contribution in [0.25, 0.3) is 0 Å². The maximum Gasteiger partial charge on any atom is 0.155 e. The molecule has 1 aromatic rings. The second-order valence-corrected chi connectivity index (χ2v) is 3.95. The second-order valence-electron chi connectivity index (χ2n) is 3.51. The number of aldehydes is 1. The van der Waals surface area contributed by atoms with Crippen LogP contribution in [0, 0.1) is 11.6 Å². The fraction of sp³-hybridized carbons (Fsp3) is 0.364. The van der Waals surface area contributed by atoms with Crippen molar-refractivity contribution in [3.63, 3.8) is 0 Å². The summed E-state index contributed by atoms with van der Waals surface area (Å²) in [6.07, 6.45) is -2.54. The predicted molar refractivity (Wildman–Crippen MR) is 61.2 cm³/mol. The molecule has 0 aliphatic carbocycles. The minimum atomic E-state index is -1.51. The van der Waals surface area contributed by atoms with Gasteiger partial charge in [-0.2, -0.15) is 12.6 Å². The normalized spacial score (nSPS) is 14.4. The molecule has 0 saturated carbocycles. The Morgan fingerprint density at radius 3 is 2.53 bits per heavy atom. The van der Waals surface area contributed by atoms with Gasteiger partial charge in [0.15, 0.2) is 6.29 Å². The smallest absolute Gasteiger partial charge is 0.155 e.